The van der Waals surface area contributed by atoms with Crippen molar-refractivity contribution in [3.8, 4) is 22.6 Å². The van der Waals surface area contributed by atoms with Crippen LogP contribution in [-0.2, 0) is 24.2 Å². The summed E-state index contributed by atoms with van der Waals surface area (Å²) in [5, 5.41) is 2.87. The smallest absolute Gasteiger partial charge is 0.226 e. The Morgan fingerprint density at radius 1 is 1.00 bits per heavy atom. The van der Waals surface area contributed by atoms with Crippen LogP contribution < -0.4 is 14.8 Å². The van der Waals surface area contributed by atoms with E-state index < -0.39 is 0 Å². The number of halogens is 1. The normalized spacial score (nSPS) is 10.9. The zero-order valence-electron chi connectivity index (χ0n) is 21.1. The standard InChI is InChI=1S/C29H35FN2O3/c1-5-7-28-27(22-8-11-25(12-9-22)34-6-2)13-10-24(32-28)17-29(33)31-18-21-14-23(30)16-26(15-21)35-19-20(3)4/h8-16,20H,5-7,17-19H2,1-4H3,(H,31,33). The number of nitrogens with one attached hydrogen (secondary N) is 1. The van der Waals surface area contributed by atoms with Crippen LogP contribution in [0.2, 0.25) is 0 Å². The van der Waals surface area contributed by atoms with E-state index in [0.29, 0.717) is 36.1 Å². The minimum Gasteiger partial charge on any atom is -0.494 e. The molecule has 0 bridgehead atoms. The molecule has 1 heterocycles. The Hall–Kier alpha value is -3.41. The van der Waals surface area contributed by atoms with Gasteiger partial charge in [-0.1, -0.05) is 45.4 Å². The molecule has 0 aliphatic carbocycles. The quantitative estimate of drug-likeness (QED) is 0.340. The summed E-state index contributed by atoms with van der Waals surface area (Å²) in [6, 6.07) is 16.4. The van der Waals surface area contributed by atoms with Crippen molar-refractivity contribution in [3.63, 3.8) is 0 Å². The molecular formula is C29H35FN2O3. The molecule has 0 saturated heterocycles. The van der Waals surface area contributed by atoms with E-state index in [1.165, 1.54) is 12.1 Å². The summed E-state index contributed by atoms with van der Waals surface area (Å²) in [6.07, 6.45) is 1.93. The summed E-state index contributed by atoms with van der Waals surface area (Å²) >= 11 is 0. The number of nitrogens with zero attached hydrogens (tertiary/aromatic N) is 1. The molecule has 3 aromatic rings. The maximum absolute atomic E-state index is 14.0. The van der Waals surface area contributed by atoms with Crippen molar-refractivity contribution in [2.45, 2.75) is 53.5 Å². The fourth-order valence-corrected chi connectivity index (χ4v) is 3.73. The Bertz CT molecular complexity index is 1110. The molecule has 2 aromatic carbocycles. The van der Waals surface area contributed by atoms with Crippen molar-refractivity contribution >= 4 is 5.91 Å². The zero-order valence-corrected chi connectivity index (χ0v) is 21.1. The van der Waals surface area contributed by atoms with Gasteiger partial charge >= 0.3 is 0 Å². The van der Waals surface area contributed by atoms with Gasteiger partial charge < -0.3 is 14.8 Å². The number of carbonyl (C=O) groups is 1. The first-order valence-corrected chi connectivity index (χ1v) is 12.3. The first-order valence-electron chi connectivity index (χ1n) is 12.3. The molecule has 0 unspecified atom stereocenters. The van der Waals surface area contributed by atoms with E-state index in [0.717, 1.165) is 35.4 Å². The van der Waals surface area contributed by atoms with Crippen LogP contribution in [0.4, 0.5) is 4.39 Å². The molecule has 0 fully saturated rings. The molecule has 0 saturated carbocycles. The van der Waals surface area contributed by atoms with Crippen LogP contribution in [0.25, 0.3) is 11.1 Å². The Labute approximate surface area is 207 Å². The second-order valence-electron chi connectivity index (χ2n) is 8.96. The predicted molar refractivity (Wildman–Crippen MR) is 137 cm³/mol. The van der Waals surface area contributed by atoms with Gasteiger partial charge in [0.2, 0.25) is 5.91 Å². The second-order valence-corrected chi connectivity index (χ2v) is 8.96. The van der Waals surface area contributed by atoms with E-state index in [9.17, 15) is 9.18 Å². The largest absolute Gasteiger partial charge is 0.494 e. The number of ether oxygens (including phenoxy) is 2. The number of rotatable bonds is 12. The lowest BCUT2D eigenvalue weighted by molar-refractivity contribution is -0.120. The van der Waals surface area contributed by atoms with Gasteiger partial charge in [0.15, 0.2) is 0 Å². The molecule has 1 amide bonds. The highest BCUT2D eigenvalue weighted by Crippen LogP contribution is 2.26. The zero-order chi connectivity index (χ0) is 25.2. The third-order valence-electron chi connectivity index (χ3n) is 5.34. The van der Waals surface area contributed by atoms with Crippen LogP contribution in [0.5, 0.6) is 11.5 Å². The van der Waals surface area contributed by atoms with Gasteiger partial charge in [0.25, 0.3) is 0 Å². The molecule has 6 heteroatoms. The van der Waals surface area contributed by atoms with Crippen molar-refractivity contribution in [2.75, 3.05) is 13.2 Å². The second kappa shape index (κ2) is 12.9. The highest BCUT2D eigenvalue weighted by molar-refractivity contribution is 5.78. The number of hydrogen-bond acceptors (Lipinski definition) is 4. The lowest BCUT2D eigenvalue weighted by Gasteiger charge is -2.13. The number of amides is 1. The van der Waals surface area contributed by atoms with Crippen LogP contribution in [0, 0.1) is 11.7 Å². The van der Waals surface area contributed by atoms with Crippen LogP contribution in [0.15, 0.2) is 54.6 Å². The number of aryl methyl sites for hydroxylation is 1. The summed E-state index contributed by atoms with van der Waals surface area (Å²) in [4.78, 5) is 17.4. The van der Waals surface area contributed by atoms with E-state index in [4.69, 9.17) is 14.5 Å². The van der Waals surface area contributed by atoms with Gasteiger partial charge in [-0.05, 0) is 60.7 Å². The molecule has 1 N–H and O–H groups in total. The van der Waals surface area contributed by atoms with Gasteiger partial charge in [-0.15, -0.1) is 0 Å². The van der Waals surface area contributed by atoms with Gasteiger partial charge in [0, 0.05) is 23.9 Å². The molecule has 5 nitrogen and oxygen atoms in total. The van der Waals surface area contributed by atoms with Crippen LogP contribution >= 0.6 is 0 Å². The highest BCUT2D eigenvalue weighted by Gasteiger charge is 2.12. The lowest BCUT2D eigenvalue weighted by atomic mass is 10.0. The van der Waals surface area contributed by atoms with Crippen LogP contribution in [0.1, 0.15) is 51.1 Å². The number of pyridine rings is 1. The molecule has 0 aliphatic rings. The molecule has 1 aromatic heterocycles. The Kier molecular flexibility index (Phi) is 9.65. The van der Waals surface area contributed by atoms with Crippen LogP contribution in [-0.4, -0.2) is 24.1 Å². The molecule has 0 atom stereocenters. The van der Waals surface area contributed by atoms with Crippen molar-refractivity contribution in [1.82, 2.24) is 10.3 Å². The number of carbonyl (C=O) groups excluding carboxylic acids is 1. The molecule has 0 radical (unpaired) electrons. The summed E-state index contributed by atoms with van der Waals surface area (Å²) in [7, 11) is 0. The Balaban J connectivity index is 1.65. The van der Waals surface area contributed by atoms with E-state index in [2.05, 4.69) is 12.2 Å². The van der Waals surface area contributed by atoms with Crippen molar-refractivity contribution in [3.05, 3.63) is 77.4 Å². The first kappa shape index (κ1) is 26.2. The predicted octanol–water partition coefficient (Wildman–Crippen LogP) is 6.13. The number of aromatic nitrogens is 1. The Morgan fingerprint density at radius 2 is 1.77 bits per heavy atom. The summed E-state index contributed by atoms with van der Waals surface area (Å²) in [6.45, 7) is 9.50. The molecule has 3 rings (SSSR count). The molecule has 0 aliphatic heterocycles. The third-order valence-corrected chi connectivity index (χ3v) is 5.34. The SMILES string of the molecule is CCCc1nc(CC(=O)NCc2cc(F)cc(OCC(C)C)c2)ccc1-c1ccc(OCC)cc1. The lowest BCUT2D eigenvalue weighted by Crippen LogP contribution is -2.25. The van der Waals surface area contributed by atoms with Gasteiger partial charge in [-0.2, -0.15) is 0 Å². The van der Waals surface area contributed by atoms with Gasteiger partial charge in [0.1, 0.15) is 17.3 Å². The summed E-state index contributed by atoms with van der Waals surface area (Å²) < 4.78 is 25.1. The van der Waals surface area contributed by atoms with E-state index in [1.807, 2.05) is 57.2 Å². The monoisotopic (exact) mass is 478 g/mol. The van der Waals surface area contributed by atoms with E-state index in [1.54, 1.807) is 6.07 Å². The van der Waals surface area contributed by atoms with Crippen molar-refractivity contribution in [2.24, 2.45) is 5.92 Å². The summed E-state index contributed by atoms with van der Waals surface area (Å²) in [5.41, 5.74) is 4.47. The fraction of sp³-hybridized carbons (Fsp3) is 0.379. The number of hydrogen-bond donors (Lipinski definition) is 1. The molecule has 0 spiro atoms. The molecular weight excluding hydrogens is 443 g/mol. The number of benzene rings is 2. The third kappa shape index (κ3) is 8.09. The average molecular weight is 479 g/mol. The van der Waals surface area contributed by atoms with Crippen LogP contribution in [0.3, 0.4) is 0 Å². The minimum absolute atomic E-state index is 0.159. The first-order chi connectivity index (χ1) is 16.9. The van der Waals surface area contributed by atoms with E-state index in [-0.39, 0.29) is 24.7 Å². The topological polar surface area (TPSA) is 60.5 Å². The van der Waals surface area contributed by atoms with Gasteiger partial charge in [0.05, 0.1) is 25.3 Å². The van der Waals surface area contributed by atoms with Crippen molar-refractivity contribution in [1.29, 1.82) is 0 Å². The minimum atomic E-state index is -0.383. The maximum atomic E-state index is 14.0. The van der Waals surface area contributed by atoms with Gasteiger partial charge in [-0.3, -0.25) is 9.78 Å². The van der Waals surface area contributed by atoms with Crippen molar-refractivity contribution < 1.29 is 18.7 Å². The summed E-state index contributed by atoms with van der Waals surface area (Å²) in [5.74, 6) is 1.10. The fourth-order valence-electron chi connectivity index (χ4n) is 3.73. The average Bonchev–Trinajstić information content (AvgIpc) is 2.82. The molecule has 35 heavy (non-hydrogen) atoms. The molecule has 186 valence electrons. The van der Waals surface area contributed by atoms with Gasteiger partial charge in [-0.25, -0.2) is 4.39 Å². The maximum Gasteiger partial charge on any atom is 0.226 e. The van der Waals surface area contributed by atoms with E-state index >= 15 is 0 Å². The highest BCUT2D eigenvalue weighted by atomic mass is 19.1. The Morgan fingerprint density at radius 3 is 2.46 bits per heavy atom.